The standard InChI is InChI=1S/C23H26ClN5O2/c1-5-25-20-14-21(27-15(2)26-20)28-17-8-10-18(11-9-17)29-22(30)23(3,4)31-19-12-6-16(24)7-13-19/h6-14H,5H2,1-4H3,(H,29,30)(H2,25,26,27,28). The van der Waals surface area contributed by atoms with E-state index >= 15 is 0 Å². The van der Waals surface area contributed by atoms with Gasteiger partial charge in [0.25, 0.3) is 5.91 Å². The molecule has 0 spiro atoms. The van der Waals surface area contributed by atoms with Crippen LogP contribution in [0.2, 0.25) is 5.02 Å². The Labute approximate surface area is 187 Å². The molecule has 3 aromatic rings. The molecule has 0 atom stereocenters. The molecule has 7 nitrogen and oxygen atoms in total. The van der Waals surface area contributed by atoms with Gasteiger partial charge in [0.05, 0.1) is 0 Å². The topological polar surface area (TPSA) is 88.2 Å². The highest BCUT2D eigenvalue weighted by molar-refractivity contribution is 6.30. The minimum Gasteiger partial charge on any atom is -0.478 e. The molecule has 1 amide bonds. The van der Waals surface area contributed by atoms with Gasteiger partial charge in [-0.15, -0.1) is 0 Å². The van der Waals surface area contributed by atoms with Crippen LogP contribution in [0.25, 0.3) is 0 Å². The second-order valence-corrected chi connectivity index (χ2v) is 7.88. The number of halogens is 1. The summed E-state index contributed by atoms with van der Waals surface area (Å²) in [5, 5.41) is 9.93. The molecule has 2 aromatic carbocycles. The highest BCUT2D eigenvalue weighted by Gasteiger charge is 2.30. The molecule has 3 rings (SSSR count). The molecule has 1 heterocycles. The number of rotatable bonds is 8. The first-order valence-electron chi connectivity index (χ1n) is 9.98. The van der Waals surface area contributed by atoms with Gasteiger partial charge in [-0.25, -0.2) is 9.97 Å². The maximum absolute atomic E-state index is 12.7. The van der Waals surface area contributed by atoms with E-state index in [0.717, 1.165) is 18.1 Å². The van der Waals surface area contributed by atoms with Crippen LogP contribution >= 0.6 is 11.6 Å². The summed E-state index contributed by atoms with van der Waals surface area (Å²) in [5.41, 5.74) is 0.442. The Morgan fingerprint density at radius 3 is 2.26 bits per heavy atom. The van der Waals surface area contributed by atoms with Gasteiger partial charge >= 0.3 is 0 Å². The Morgan fingerprint density at radius 1 is 1.00 bits per heavy atom. The first-order chi connectivity index (χ1) is 14.7. The van der Waals surface area contributed by atoms with E-state index in [0.29, 0.717) is 28.1 Å². The molecule has 8 heteroatoms. The van der Waals surface area contributed by atoms with E-state index in [4.69, 9.17) is 16.3 Å². The summed E-state index contributed by atoms with van der Waals surface area (Å²) in [6.45, 7) is 8.07. The predicted molar refractivity (Wildman–Crippen MR) is 125 cm³/mol. The number of carbonyl (C=O) groups excluding carboxylic acids is 1. The van der Waals surface area contributed by atoms with Crippen LogP contribution in [0.15, 0.2) is 54.6 Å². The molecule has 0 radical (unpaired) electrons. The average Bonchev–Trinajstić information content (AvgIpc) is 2.71. The first kappa shape index (κ1) is 22.4. The van der Waals surface area contributed by atoms with Crippen molar-refractivity contribution in [1.29, 1.82) is 0 Å². The van der Waals surface area contributed by atoms with Crippen LogP contribution in [0.1, 0.15) is 26.6 Å². The second-order valence-electron chi connectivity index (χ2n) is 7.44. The van der Waals surface area contributed by atoms with Crippen LogP contribution in [-0.2, 0) is 4.79 Å². The highest BCUT2D eigenvalue weighted by Crippen LogP contribution is 2.23. The van der Waals surface area contributed by atoms with Crippen molar-refractivity contribution < 1.29 is 9.53 Å². The van der Waals surface area contributed by atoms with Crippen molar-refractivity contribution in [3.8, 4) is 5.75 Å². The molecule has 0 unspecified atom stereocenters. The van der Waals surface area contributed by atoms with E-state index in [9.17, 15) is 4.79 Å². The summed E-state index contributed by atoms with van der Waals surface area (Å²) in [4.78, 5) is 21.5. The van der Waals surface area contributed by atoms with Crippen LogP contribution in [-0.4, -0.2) is 28.0 Å². The van der Waals surface area contributed by atoms with E-state index in [-0.39, 0.29) is 5.91 Å². The third kappa shape index (κ3) is 6.33. The zero-order valence-corrected chi connectivity index (χ0v) is 18.7. The van der Waals surface area contributed by atoms with Crippen LogP contribution in [0.3, 0.4) is 0 Å². The summed E-state index contributed by atoms with van der Waals surface area (Å²) in [6, 6.07) is 16.1. The third-order valence-electron chi connectivity index (χ3n) is 4.34. The number of hydrogen-bond acceptors (Lipinski definition) is 6. The van der Waals surface area contributed by atoms with E-state index < -0.39 is 5.60 Å². The summed E-state index contributed by atoms with van der Waals surface area (Å²) < 4.78 is 5.83. The van der Waals surface area contributed by atoms with E-state index in [1.54, 1.807) is 38.1 Å². The summed E-state index contributed by atoms with van der Waals surface area (Å²) >= 11 is 5.90. The predicted octanol–water partition coefficient (Wildman–Crippen LogP) is 5.41. The zero-order valence-electron chi connectivity index (χ0n) is 18.0. The van der Waals surface area contributed by atoms with Crippen molar-refractivity contribution in [2.24, 2.45) is 0 Å². The molecule has 0 aliphatic rings. The Balaban J connectivity index is 1.63. The minimum absolute atomic E-state index is 0.259. The summed E-state index contributed by atoms with van der Waals surface area (Å²) in [7, 11) is 0. The summed E-state index contributed by atoms with van der Waals surface area (Å²) in [6.07, 6.45) is 0. The quantitative estimate of drug-likeness (QED) is 0.435. The van der Waals surface area contributed by atoms with Crippen LogP contribution in [0.4, 0.5) is 23.0 Å². The molecule has 0 aliphatic heterocycles. The van der Waals surface area contributed by atoms with Crippen molar-refractivity contribution in [2.75, 3.05) is 22.5 Å². The number of aromatic nitrogens is 2. The SMILES string of the molecule is CCNc1cc(Nc2ccc(NC(=O)C(C)(C)Oc3ccc(Cl)cc3)cc2)nc(C)n1. The first-order valence-corrected chi connectivity index (χ1v) is 10.4. The Morgan fingerprint density at radius 2 is 1.61 bits per heavy atom. The van der Waals surface area contributed by atoms with Gasteiger partial charge in [-0.1, -0.05) is 11.6 Å². The van der Waals surface area contributed by atoms with E-state index in [2.05, 4.69) is 25.9 Å². The number of benzene rings is 2. The van der Waals surface area contributed by atoms with E-state index in [1.807, 2.05) is 44.2 Å². The highest BCUT2D eigenvalue weighted by atomic mass is 35.5. The van der Waals surface area contributed by atoms with Gasteiger partial charge < -0.3 is 20.7 Å². The number of aryl methyl sites for hydroxylation is 1. The Hall–Kier alpha value is -3.32. The monoisotopic (exact) mass is 439 g/mol. The van der Waals surface area contributed by atoms with Gasteiger partial charge in [0.15, 0.2) is 5.60 Å². The second kappa shape index (κ2) is 9.66. The summed E-state index contributed by atoms with van der Waals surface area (Å²) in [5.74, 6) is 2.45. The zero-order chi connectivity index (χ0) is 22.4. The fourth-order valence-corrected chi connectivity index (χ4v) is 2.94. The molecule has 0 aliphatic carbocycles. The van der Waals surface area contributed by atoms with Gasteiger partial charge in [0, 0.05) is 29.0 Å². The van der Waals surface area contributed by atoms with E-state index in [1.165, 1.54) is 0 Å². The molecular weight excluding hydrogens is 414 g/mol. The largest absolute Gasteiger partial charge is 0.478 e. The number of amides is 1. The lowest BCUT2D eigenvalue weighted by atomic mass is 10.1. The van der Waals surface area contributed by atoms with Gasteiger partial charge in [-0.3, -0.25) is 4.79 Å². The molecule has 0 saturated heterocycles. The smallest absolute Gasteiger partial charge is 0.267 e. The van der Waals surface area contributed by atoms with Crippen molar-refractivity contribution in [3.63, 3.8) is 0 Å². The van der Waals surface area contributed by atoms with Gasteiger partial charge in [0.2, 0.25) is 0 Å². The number of nitrogens with one attached hydrogen (secondary N) is 3. The molecule has 1 aromatic heterocycles. The van der Waals surface area contributed by atoms with Crippen molar-refractivity contribution in [3.05, 3.63) is 65.4 Å². The van der Waals surface area contributed by atoms with Crippen molar-refractivity contribution >= 4 is 40.5 Å². The number of anilines is 4. The lowest BCUT2D eigenvalue weighted by Gasteiger charge is -2.25. The van der Waals surface area contributed by atoms with Crippen molar-refractivity contribution in [1.82, 2.24) is 9.97 Å². The molecule has 3 N–H and O–H groups in total. The number of carbonyl (C=O) groups is 1. The maximum Gasteiger partial charge on any atom is 0.267 e. The number of ether oxygens (including phenoxy) is 1. The number of nitrogens with zero attached hydrogens (tertiary/aromatic N) is 2. The van der Waals surface area contributed by atoms with Crippen LogP contribution < -0.4 is 20.7 Å². The molecule has 0 saturated carbocycles. The third-order valence-corrected chi connectivity index (χ3v) is 4.60. The van der Waals surface area contributed by atoms with Gasteiger partial charge in [-0.2, -0.15) is 0 Å². The fraction of sp³-hybridized carbons (Fsp3) is 0.261. The Kier molecular flexibility index (Phi) is 6.97. The molecule has 162 valence electrons. The molecular formula is C23H26ClN5O2. The van der Waals surface area contributed by atoms with Crippen molar-refractivity contribution in [2.45, 2.75) is 33.3 Å². The van der Waals surface area contributed by atoms with Gasteiger partial charge in [0.1, 0.15) is 23.2 Å². The number of hydrogen-bond donors (Lipinski definition) is 3. The minimum atomic E-state index is -1.06. The fourth-order valence-electron chi connectivity index (χ4n) is 2.81. The normalized spacial score (nSPS) is 11.0. The van der Waals surface area contributed by atoms with Gasteiger partial charge in [-0.05, 0) is 76.2 Å². The Bertz CT molecular complexity index is 1040. The maximum atomic E-state index is 12.7. The lowest BCUT2D eigenvalue weighted by molar-refractivity contribution is -0.128. The van der Waals surface area contributed by atoms with Crippen LogP contribution in [0, 0.1) is 6.92 Å². The lowest BCUT2D eigenvalue weighted by Crippen LogP contribution is -2.42. The molecule has 0 bridgehead atoms. The molecule has 0 fully saturated rings. The van der Waals surface area contributed by atoms with Crippen LogP contribution in [0.5, 0.6) is 5.75 Å². The average molecular weight is 440 g/mol. The molecule has 31 heavy (non-hydrogen) atoms.